The summed E-state index contributed by atoms with van der Waals surface area (Å²) in [5.74, 6) is 2.58. The molecule has 0 aromatic carbocycles. The first-order chi connectivity index (χ1) is 9.27. The van der Waals surface area contributed by atoms with E-state index in [1.807, 2.05) is 18.7 Å². The molecule has 1 aromatic heterocycles. The predicted octanol–water partition coefficient (Wildman–Crippen LogP) is 1.46. The highest BCUT2D eigenvalue weighted by atomic mass is 32.2. The molecule has 0 unspecified atom stereocenters. The number of hydroxylamine groups is 1. The fourth-order valence-electron chi connectivity index (χ4n) is 1.33. The van der Waals surface area contributed by atoms with Crippen molar-refractivity contribution in [2.45, 2.75) is 26.0 Å². The van der Waals surface area contributed by atoms with Gasteiger partial charge in [-0.05, 0) is 13.3 Å². The van der Waals surface area contributed by atoms with Crippen LogP contribution in [0, 0.1) is 6.92 Å². The van der Waals surface area contributed by atoms with Gasteiger partial charge in [0.2, 0.25) is 5.96 Å². The van der Waals surface area contributed by atoms with Crippen LogP contribution in [0.2, 0.25) is 0 Å². The first-order valence-electron chi connectivity index (χ1n) is 6.43. The maximum atomic E-state index is 5.20. The molecule has 0 amide bonds. The Morgan fingerprint density at radius 3 is 3.05 bits per heavy atom. The van der Waals surface area contributed by atoms with Crippen LogP contribution < -0.4 is 10.8 Å². The lowest BCUT2D eigenvalue weighted by molar-refractivity contribution is 0.0831. The van der Waals surface area contributed by atoms with E-state index in [1.54, 1.807) is 13.4 Å². The number of aryl methyl sites for hydroxylation is 1. The lowest BCUT2D eigenvalue weighted by atomic mass is 10.4. The summed E-state index contributed by atoms with van der Waals surface area (Å²) in [5.41, 5.74) is 5.06. The van der Waals surface area contributed by atoms with Crippen molar-refractivity contribution in [2.24, 2.45) is 4.99 Å². The molecule has 0 aliphatic heterocycles. The second-order valence-corrected chi connectivity index (χ2v) is 5.08. The van der Waals surface area contributed by atoms with E-state index in [4.69, 9.17) is 4.84 Å². The molecule has 0 spiro atoms. The summed E-state index contributed by atoms with van der Waals surface area (Å²) in [4.78, 5) is 16.6. The third kappa shape index (κ3) is 6.49. The maximum Gasteiger partial charge on any atom is 0.215 e. The Labute approximate surface area is 118 Å². The van der Waals surface area contributed by atoms with Gasteiger partial charge in [-0.3, -0.25) is 9.83 Å². The van der Waals surface area contributed by atoms with E-state index in [-0.39, 0.29) is 0 Å². The summed E-state index contributed by atoms with van der Waals surface area (Å²) >= 11 is 1.84. The third-order valence-electron chi connectivity index (χ3n) is 2.41. The zero-order valence-electron chi connectivity index (χ0n) is 11.8. The number of hydrogen-bond donors (Lipinski definition) is 3. The summed E-state index contributed by atoms with van der Waals surface area (Å²) < 4.78 is 0. The zero-order valence-corrected chi connectivity index (χ0v) is 12.6. The SMILES string of the molecule is CCCONC(=NC)NCCSCc1nc[nH]c1C. The van der Waals surface area contributed by atoms with E-state index in [1.165, 1.54) is 0 Å². The molecule has 1 rings (SSSR count). The zero-order chi connectivity index (χ0) is 13.9. The Bertz CT molecular complexity index is 380. The van der Waals surface area contributed by atoms with Gasteiger partial charge in [0, 0.05) is 30.8 Å². The standard InChI is InChI=1S/C12H23N5OS/c1-4-6-18-17-12(13-3)14-5-7-19-8-11-10(2)15-9-16-11/h9H,4-8H2,1-3H3,(H,15,16)(H2,13,14,17). The summed E-state index contributed by atoms with van der Waals surface area (Å²) in [7, 11) is 1.73. The molecule has 3 N–H and O–H groups in total. The second-order valence-electron chi connectivity index (χ2n) is 3.98. The number of rotatable bonds is 8. The molecule has 6 nitrogen and oxygen atoms in total. The minimum absolute atomic E-state index is 0.671. The van der Waals surface area contributed by atoms with E-state index in [9.17, 15) is 0 Å². The van der Waals surface area contributed by atoms with Crippen molar-refractivity contribution in [1.29, 1.82) is 0 Å². The van der Waals surface area contributed by atoms with Crippen LogP contribution >= 0.6 is 11.8 Å². The van der Waals surface area contributed by atoms with E-state index in [0.717, 1.165) is 35.9 Å². The molecule has 1 aromatic rings. The average molecular weight is 285 g/mol. The summed E-state index contributed by atoms with van der Waals surface area (Å²) in [6.07, 6.45) is 2.71. The van der Waals surface area contributed by atoms with Crippen LogP contribution in [0.15, 0.2) is 11.3 Å². The van der Waals surface area contributed by atoms with Crippen molar-refractivity contribution in [3.8, 4) is 0 Å². The van der Waals surface area contributed by atoms with Crippen LogP contribution in [0.1, 0.15) is 24.7 Å². The van der Waals surface area contributed by atoms with Crippen LogP contribution in [-0.4, -0.2) is 41.9 Å². The molecule has 108 valence electrons. The fourth-order valence-corrected chi connectivity index (χ4v) is 2.20. The molecule has 0 fully saturated rings. The van der Waals surface area contributed by atoms with E-state index in [0.29, 0.717) is 12.6 Å². The monoisotopic (exact) mass is 285 g/mol. The highest BCUT2D eigenvalue weighted by molar-refractivity contribution is 7.98. The van der Waals surface area contributed by atoms with Gasteiger partial charge in [-0.1, -0.05) is 6.92 Å². The highest BCUT2D eigenvalue weighted by Crippen LogP contribution is 2.11. The van der Waals surface area contributed by atoms with Crippen molar-refractivity contribution in [3.05, 3.63) is 17.7 Å². The van der Waals surface area contributed by atoms with E-state index < -0.39 is 0 Å². The number of aromatic amines is 1. The predicted molar refractivity (Wildman–Crippen MR) is 80.2 cm³/mol. The minimum Gasteiger partial charge on any atom is -0.354 e. The van der Waals surface area contributed by atoms with Gasteiger partial charge in [-0.2, -0.15) is 11.8 Å². The van der Waals surface area contributed by atoms with Gasteiger partial charge in [0.25, 0.3) is 0 Å². The molecule has 7 heteroatoms. The van der Waals surface area contributed by atoms with Crippen molar-refractivity contribution in [1.82, 2.24) is 20.8 Å². The first kappa shape index (κ1) is 15.8. The highest BCUT2D eigenvalue weighted by Gasteiger charge is 2.01. The smallest absolute Gasteiger partial charge is 0.215 e. The fraction of sp³-hybridized carbons (Fsp3) is 0.667. The Morgan fingerprint density at radius 2 is 2.42 bits per heavy atom. The minimum atomic E-state index is 0.671. The Balaban J connectivity index is 2.07. The van der Waals surface area contributed by atoms with Gasteiger partial charge >= 0.3 is 0 Å². The van der Waals surface area contributed by atoms with Crippen LogP contribution in [0.3, 0.4) is 0 Å². The Hall–Kier alpha value is -1.21. The molecule has 19 heavy (non-hydrogen) atoms. The van der Waals surface area contributed by atoms with Gasteiger partial charge in [0.1, 0.15) is 0 Å². The topological polar surface area (TPSA) is 74.3 Å². The number of nitrogens with one attached hydrogen (secondary N) is 3. The molecule has 0 bridgehead atoms. The first-order valence-corrected chi connectivity index (χ1v) is 7.58. The number of nitrogens with zero attached hydrogens (tertiary/aromatic N) is 2. The summed E-state index contributed by atoms with van der Waals surface area (Å²) in [6, 6.07) is 0. The van der Waals surface area contributed by atoms with Crippen LogP contribution in [0.5, 0.6) is 0 Å². The quantitative estimate of drug-likeness (QED) is 0.292. The van der Waals surface area contributed by atoms with Gasteiger partial charge < -0.3 is 10.3 Å². The van der Waals surface area contributed by atoms with E-state index in [2.05, 4.69) is 32.7 Å². The maximum absolute atomic E-state index is 5.20. The molecule has 0 saturated carbocycles. The molecular formula is C12H23N5OS. The van der Waals surface area contributed by atoms with Gasteiger partial charge in [0.15, 0.2) is 0 Å². The lowest BCUT2D eigenvalue weighted by Gasteiger charge is -2.10. The Kier molecular flexibility index (Phi) is 8.08. The normalized spacial score (nSPS) is 11.6. The van der Waals surface area contributed by atoms with Crippen LogP contribution in [-0.2, 0) is 10.6 Å². The number of aliphatic imine (C=N–C) groups is 1. The average Bonchev–Trinajstić information content (AvgIpc) is 2.82. The lowest BCUT2D eigenvalue weighted by Crippen LogP contribution is -2.38. The van der Waals surface area contributed by atoms with Gasteiger partial charge in [0.05, 0.1) is 18.6 Å². The van der Waals surface area contributed by atoms with E-state index >= 15 is 0 Å². The largest absolute Gasteiger partial charge is 0.354 e. The van der Waals surface area contributed by atoms with Crippen molar-refractivity contribution in [3.63, 3.8) is 0 Å². The molecule has 0 aliphatic rings. The number of guanidine groups is 1. The van der Waals surface area contributed by atoms with Gasteiger partial charge in [-0.15, -0.1) is 0 Å². The number of aromatic nitrogens is 2. The number of thioether (sulfide) groups is 1. The summed E-state index contributed by atoms with van der Waals surface area (Å²) in [6.45, 7) is 5.61. The second kappa shape index (κ2) is 9.69. The number of H-pyrrole nitrogens is 1. The number of imidazole rings is 1. The van der Waals surface area contributed by atoms with Crippen molar-refractivity contribution in [2.75, 3.05) is 26.0 Å². The van der Waals surface area contributed by atoms with Crippen LogP contribution in [0.4, 0.5) is 0 Å². The molecule has 0 saturated heterocycles. The molecule has 0 radical (unpaired) electrons. The van der Waals surface area contributed by atoms with Crippen molar-refractivity contribution >= 4 is 17.7 Å². The number of hydrogen-bond acceptors (Lipinski definition) is 4. The Morgan fingerprint density at radius 1 is 1.58 bits per heavy atom. The third-order valence-corrected chi connectivity index (χ3v) is 3.38. The molecule has 0 aliphatic carbocycles. The van der Waals surface area contributed by atoms with Crippen LogP contribution in [0.25, 0.3) is 0 Å². The molecular weight excluding hydrogens is 262 g/mol. The summed E-state index contributed by atoms with van der Waals surface area (Å²) in [5, 5.41) is 3.19. The molecule has 0 atom stereocenters. The van der Waals surface area contributed by atoms with Gasteiger partial charge in [-0.25, -0.2) is 10.5 Å². The molecule has 1 heterocycles. The van der Waals surface area contributed by atoms with Crippen molar-refractivity contribution < 1.29 is 4.84 Å².